The van der Waals surface area contributed by atoms with Crippen molar-refractivity contribution in [2.45, 2.75) is 213 Å². The van der Waals surface area contributed by atoms with Gasteiger partial charge in [-0.2, -0.15) is 0 Å². The lowest BCUT2D eigenvalue weighted by Crippen LogP contribution is -2.16. The molecule has 1 saturated carbocycles. The molecule has 0 N–H and O–H groups in total. The first-order valence-electron chi connectivity index (χ1n) is 21.2. The van der Waals surface area contributed by atoms with E-state index in [0.29, 0.717) is 32.0 Å². The average Bonchev–Trinajstić information content (AvgIpc) is 4.02. The molecule has 0 aromatic carbocycles. The Morgan fingerprint density at radius 2 is 1.00 bits per heavy atom. The minimum atomic E-state index is -0.0605. The molecule has 3 unspecified atom stereocenters. The van der Waals surface area contributed by atoms with Crippen LogP contribution in [-0.2, 0) is 23.8 Å². The summed E-state index contributed by atoms with van der Waals surface area (Å²) in [4.78, 5) is 23.9. The summed E-state index contributed by atoms with van der Waals surface area (Å²) in [5, 5.41) is 0. The average molecular weight is 675 g/mol. The summed E-state index contributed by atoms with van der Waals surface area (Å²) in [5.41, 5.74) is 0. The molecule has 0 aromatic heterocycles. The molecule has 1 aliphatic heterocycles. The van der Waals surface area contributed by atoms with Crippen molar-refractivity contribution in [1.29, 1.82) is 0 Å². The fraction of sp³-hybridized carbons (Fsp3) is 0.907. The SMILES string of the molecule is CCCCCC=CCCC(CCCCCCCC(=O)OCC1CO1)C(CCCCCCCC)CCCCCCCCC(=O)OCC1CC1. The standard InChI is InChI=1S/C43H78O5/c1-3-5-7-9-11-16-22-28-40(30-24-18-14-20-26-32-43(45)48-37-41-36-46-41)39(27-21-15-10-8-6-4-2)29-23-17-12-13-19-25-31-42(44)47-35-38-33-34-38/h11,16,38-41H,3-10,12-15,17-37H2,1-2H3. The summed E-state index contributed by atoms with van der Waals surface area (Å²) in [6, 6.07) is 0. The quantitative estimate of drug-likeness (QED) is 0.0286. The maximum Gasteiger partial charge on any atom is 0.305 e. The van der Waals surface area contributed by atoms with Gasteiger partial charge in [-0.25, -0.2) is 0 Å². The Labute approximate surface area is 297 Å². The first kappa shape index (κ1) is 42.8. The molecule has 2 fully saturated rings. The molecule has 1 aliphatic carbocycles. The van der Waals surface area contributed by atoms with E-state index in [1.165, 1.54) is 154 Å². The van der Waals surface area contributed by atoms with Gasteiger partial charge in [0.05, 0.1) is 13.2 Å². The summed E-state index contributed by atoms with van der Waals surface area (Å²) in [5.74, 6) is 2.31. The number of allylic oxidation sites excluding steroid dienone is 2. The number of unbranched alkanes of at least 4 members (excludes halogenated alkanes) is 17. The molecule has 0 radical (unpaired) electrons. The molecule has 0 amide bonds. The molecule has 3 atom stereocenters. The molecule has 1 heterocycles. The number of hydrogen-bond acceptors (Lipinski definition) is 5. The van der Waals surface area contributed by atoms with E-state index in [1.54, 1.807) is 0 Å². The van der Waals surface area contributed by atoms with Crippen LogP contribution in [-0.4, -0.2) is 37.9 Å². The normalized spacial score (nSPS) is 17.1. The van der Waals surface area contributed by atoms with Crippen LogP contribution < -0.4 is 0 Å². The van der Waals surface area contributed by atoms with E-state index >= 15 is 0 Å². The molecular formula is C43H78O5. The monoisotopic (exact) mass is 675 g/mol. The predicted molar refractivity (Wildman–Crippen MR) is 201 cm³/mol. The van der Waals surface area contributed by atoms with E-state index in [-0.39, 0.29) is 18.0 Å². The van der Waals surface area contributed by atoms with Gasteiger partial charge >= 0.3 is 11.9 Å². The number of carbonyl (C=O) groups is 2. The third-order valence-corrected chi connectivity index (χ3v) is 10.6. The molecule has 0 bridgehead atoms. The molecule has 48 heavy (non-hydrogen) atoms. The van der Waals surface area contributed by atoms with Gasteiger partial charge in [0.25, 0.3) is 0 Å². The predicted octanol–water partition coefficient (Wildman–Crippen LogP) is 12.6. The van der Waals surface area contributed by atoms with E-state index in [2.05, 4.69) is 26.0 Å². The van der Waals surface area contributed by atoms with Gasteiger partial charge in [-0.05, 0) is 69.1 Å². The molecule has 2 rings (SSSR count). The number of rotatable bonds is 36. The number of hydrogen-bond donors (Lipinski definition) is 0. The largest absolute Gasteiger partial charge is 0.465 e. The van der Waals surface area contributed by atoms with Crippen molar-refractivity contribution >= 4 is 11.9 Å². The highest BCUT2D eigenvalue weighted by Crippen LogP contribution is 2.33. The maximum absolute atomic E-state index is 11.9. The van der Waals surface area contributed by atoms with Gasteiger partial charge in [-0.3, -0.25) is 9.59 Å². The lowest BCUT2D eigenvalue weighted by atomic mass is 9.78. The fourth-order valence-corrected chi connectivity index (χ4v) is 7.06. The van der Waals surface area contributed by atoms with E-state index in [4.69, 9.17) is 14.2 Å². The minimum absolute atomic E-state index is 0.0149. The molecule has 5 heteroatoms. The Kier molecular flexibility index (Phi) is 27.2. The zero-order valence-electron chi connectivity index (χ0n) is 31.8. The van der Waals surface area contributed by atoms with Crippen LogP contribution in [0.3, 0.4) is 0 Å². The first-order chi connectivity index (χ1) is 23.6. The van der Waals surface area contributed by atoms with Gasteiger partial charge in [-0.15, -0.1) is 0 Å². The number of ether oxygens (including phenoxy) is 3. The van der Waals surface area contributed by atoms with Gasteiger partial charge < -0.3 is 14.2 Å². The van der Waals surface area contributed by atoms with E-state index in [0.717, 1.165) is 44.1 Å². The molecule has 280 valence electrons. The summed E-state index contributed by atoms with van der Waals surface area (Å²) in [6.07, 6.45) is 42.3. The molecule has 1 saturated heterocycles. The van der Waals surface area contributed by atoms with Crippen molar-refractivity contribution in [2.24, 2.45) is 17.8 Å². The summed E-state index contributed by atoms with van der Waals surface area (Å²) >= 11 is 0. The van der Waals surface area contributed by atoms with Crippen LogP contribution in [0.25, 0.3) is 0 Å². The highest BCUT2D eigenvalue weighted by Gasteiger charge is 2.24. The molecular weight excluding hydrogens is 596 g/mol. The number of epoxide rings is 1. The Hall–Kier alpha value is -1.36. The topological polar surface area (TPSA) is 65.1 Å². The molecule has 0 spiro atoms. The zero-order valence-corrected chi connectivity index (χ0v) is 31.8. The highest BCUT2D eigenvalue weighted by atomic mass is 16.6. The van der Waals surface area contributed by atoms with Crippen LogP contribution in [0.5, 0.6) is 0 Å². The minimum Gasteiger partial charge on any atom is -0.465 e. The van der Waals surface area contributed by atoms with Crippen molar-refractivity contribution in [1.82, 2.24) is 0 Å². The van der Waals surface area contributed by atoms with Gasteiger partial charge in [0, 0.05) is 12.8 Å². The first-order valence-corrected chi connectivity index (χ1v) is 21.2. The smallest absolute Gasteiger partial charge is 0.305 e. The second kappa shape index (κ2) is 30.5. The Balaban J connectivity index is 1.73. The van der Waals surface area contributed by atoms with Crippen LogP contribution in [0.2, 0.25) is 0 Å². The fourth-order valence-electron chi connectivity index (χ4n) is 7.06. The van der Waals surface area contributed by atoms with E-state index in [1.807, 2.05) is 0 Å². The van der Waals surface area contributed by atoms with Crippen molar-refractivity contribution in [3.8, 4) is 0 Å². The Bertz CT molecular complexity index is 786. The summed E-state index contributed by atoms with van der Waals surface area (Å²) in [7, 11) is 0. The van der Waals surface area contributed by atoms with Crippen LogP contribution in [0, 0.1) is 17.8 Å². The van der Waals surface area contributed by atoms with Crippen LogP contribution >= 0.6 is 0 Å². The summed E-state index contributed by atoms with van der Waals surface area (Å²) < 4.78 is 15.8. The third kappa shape index (κ3) is 26.5. The van der Waals surface area contributed by atoms with Gasteiger partial charge in [0.15, 0.2) is 0 Å². The van der Waals surface area contributed by atoms with Crippen molar-refractivity contribution in [3.63, 3.8) is 0 Å². The lowest BCUT2D eigenvalue weighted by molar-refractivity contribution is -0.145. The zero-order chi connectivity index (χ0) is 34.3. The highest BCUT2D eigenvalue weighted by molar-refractivity contribution is 5.69. The van der Waals surface area contributed by atoms with Crippen molar-refractivity contribution in [2.75, 3.05) is 19.8 Å². The van der Waals surface area contributed by atoms with Crippen LogP contribution in [0.1, 0.15) is 206 Å². The van der Waals surface area contributed by atoms with E-state index in [9.17, 15) is 9.59 Å². The van der Waals surface area contributed by atoms with Crippen LogP contribution in [0.15, 0.2) is 12.2 Å². The maximum atomic E-state index is 11.9. The van der Waals surface area contributed by atoms with Gasteiger partial charge in [-0.1, -0.05) is 154 Å². The van der Waals surface area contributed by atoms with Gasteiger partial charge in [0.1, 0.15) is 12.7 Å². The van der Waals surface area contributed by atoms with Crippen molar-refractivity contribution < 1.29 is 23.8 Å². The molecule has 2 aliphatic rings. The number of carbonyl (C=O) groups excluding carboxylic acids is 2. The lowest BCUT2D eigenvalue weighted by Gasteiger charge is -2.28. The second-order valence-corrected chi connectivity index (χ2v) is 15.4. The van der Waals surface area contributed by atoms with Crippen molar-refractivity contribution in [3.05, 3.63) is 12.2 Å². The summed E-state index contributed by atoms with van der Waals surface area (Å²) in [6.45, 7) is 6.43. The Morgan fingerprint density at radius 3 is 1.52 bits per heavy atom. The molecule has 0 aromatic rings. The second-order valence-electron chi connectivity index (χ2n) is 15.4. The van der Waals surface area contributed by atoms with Gasteiger partial charge in [0.2, 0.25) is 0 Å². The third-order valence-electron chi connectivity index (χ3n) is 10.6. The Morgan fingerprint density at radius 1 is 0.562 bits per heavy atom. The van der Waals surface area contributed by atoms with E-state index < -0.39 is 0 Å². The number of esters is 2. The molecule has 5 nitrogen and oxygen atoms in total. The van der Waals surface area contributed by atoms with Crippen LogP contribution in [0.4, 0.5) is 0 Å².